The lowest BCUT2D eigenvalue weighted by Gasteiger charge is -2.42. The summed E-state index contributed by atoms with van der Waals surface area (Å²) in [6.07, 6.45) is 2.24. The molecule has 0 N–H and O–H groups in total. The first-order valence-electron chi connectivity index (χ1n) is 23.8. The van der Waals surface area contributed by atoms with E-state index in [2.05, 4.69) is 237 Å². The molecule has 0 spiro atoms. The Morgan fingerprint density at radius 2 is 0.868 bits per heavy atom. The zero-order valence-electron chi connectivity index (χ0n) is 38.7. The second-order valence-corrected chi connectivity index (χ2v) is 19.9. The number of hydrogen-bond donors (Lipinski definition) is 0. The Bertz CT molecular complexity index is 3890. The Morgan fingerprint density at radius 3 is 1.57 bits per heavy atom. The van der Waals surface area contributed by atoms with E-state index in [0.717, 1.165) is 79.2 Å². The molecule has 68 heavy (non-hydrogen) atoms. The summed E-state index contributed by atoms with van der Waals surface area (Å²) in [5, 5.41) is 7.05. The van der Waals surface area contributed by atoms with Gasteiger partial charge in [-0.05, 0) is 128 Å². The monoisotopic (exact) mass is 875 g/mol. The standard InChI is InChI=1S/C63H49N5/c1-62(2)31-32-63(3,4)54-38-56-52(37-53(54)62)51-36-50-48-28-16-17-30-55(48)67(46-25-12-7-13-26-46)57(50)39-58(51)68(56)61-65-59(64-60(66-61)49-29-18-24-42-23-14-15-27-47(42)49)45-34-43(40-19-8-5-9-20-40)33-44(35-45)41-21-10-6-11-22-41/h5-30,33-39H,31-32H2,1-4H3. The molecule has 0 fully saturated rings. The number of aromatic nitrogens is 5. The summed E-state index contributed by atoms with van der Waals surface area (Å²) in [4.78, 5) is 16.7. The maximum Gasteiger partial charge on any atom is 0.238 e. The van der Waals surface area contributed by atoms with Crippen molar-refractivity contribution in [3.63, 3.8) is 0 Å². The summed E-state index contributed by atoms with van der Waals surface area (Å²) >= 11 is 0. The molecule has 0 atom stereocenters. The molecule has 1 aliphatic rings. The molecule has 0 radical (unpaired) electrons. The predicted octanol–water partition coefficient (Wildman–Crippen LogP) is 16.2. The van der Waals surface area contributed by atoms with Crippen LogP contribution in [0.15, 0.2) is 200 Å². The first kappa shape index (κ1) is 40.2. The minimum absolute atomic E-state index is 0.0169. The van der Waals surface area contributed by atoms with Gasteiger partial charge in [0.25, 0.3) is 0 Å². The highest BCUT2D eigenvalue weighted by atomic mass is 15.2. The Morgan fingerprint density at radius 1 is 0.353 bits per heavy atom. The molecular weight excluding hydrogens is 827 g/mol. The second-order valence-electron chi connectivity index (χ2n) is 19.9. The Kier molecular flexibility index (Phi) is 8.97. The molecular formula is C63H49N5. The number of fused-ring (bicyclic) bond motifs is 8. The lowest BCUT2D eigenvalue weighted by atomic mass is 9.63. The third-order valence-electron chi connectivity index (χ3n) is 14.8. The van der Waals surface area contributed by atoms with Gasteiger partial charge in [0, 0.05) is 38.4 Å². The number of para-hydroxylation sites is 2. The maximum absolute atomic E-state index is 5.64. The molecule has 5 heteroatoms. The summed E-state index contributed by atoms with van der Waals surface area (Å²) < 4.78 is 4.75. The lowest BCUT2D eigenvalue weighted by Crippen LogP contribution is -2.33. The summed E-state index contributed by atoms with van der Waals surface area (Å²) in [6, 6.07) is 72.2. The molecule has 13 rings (SSSR count). The predicted molar refractivity (Wildman–Crippen MR) is 283 cm³/mol. The first-order valence-corrected chi connectivity index (χ1v) is 23.8. The van der Waals surface area contributed by atoms with Crippen molar-refractivity contribution < 1.29 is 0 Å². The highest BCUT2D eigenvalue weighted by Gasteiger charge is 2.38. The Labute approximate surface area is 396 Å². The fraction of sp³-hybridized carbons (Fsp3) is 0.127. The van der Waals surface area contributed by atoms with Crippen molar-refractivity contribution in [3.05, 3.63) is 211 Å². The van der Waals surface area contributed by atoms with Gasteiger partial charge in [-0.3, -0.25) is 4.57 Å². The van der Waals surface area contributed by atoms with Crippen molar-refractivity contribution in [2.45, 2.75) is 51.4 Å². The van der Waals surface area contributed by atoms with Gasteiger partial charge in [0.2, 0.25) is 5.95 Å². The van der Waals surface area contributed by atoms with E-state index in [0.29, 0.717) is 17.6 Å². The van der Waals surface area contributed by atoms with Gasteiger partial charge < -0.3 is 4.57 Å². The minimum atomic E-state index is -0.0186. The van der Waals surface area contributed by atoms with Gasteiger partial charge in [0.05, 0.1) is 22.1 Å². The normalized spacial score (nSPS) is 14.3. The highest BCUT2D eigenvalue weighted by Crippen LogP contribution is 2.49. The van der Waals surface area contributed by atoms with Crippen LogP contribution in [0.25, 0.3) is 111 Å². The maximum atomic E-state index is 5.64. The van der Waals surface area contributed by atoms with Gasteiger partial charge in [-0.2, -0.15) is 9.97 Å². The van der Waals surface area contributed by atoms with Crippen LogP contribution in [0.3, 0.4) is 0 Å². The van der Waals surface area contributed by atoms with Crippen LogP contribution in [-0.2, 0) is 10.8 Å². The molecule has 0 unspecified atom stereocenters. The summed E-state index contributed by atoms with van der Waals surface area (Å²) in [5.41, 5.74) is 14.7. The van der Waals surface area contributed by atoms with Gasteiger partial charge in [-0.1, -0.05) is 167 Å². The quantitative estimate of drug-likeness (QED) is 0.167. The fourth-order valence-corrected chi connectivity index (χ4v) is 11.1. The van der Waals surface area contributed by atoms with E-state index in [-0.39, 0.29) is 10.8 Å². The van der Waals surface area contributed by atoms with Gasteiger partial charge >= 0.3 is 0 Å². The summed E-state index contributed by atoms with van der Waals surface area (Å²) in [6.45, 7) is 9.65. The van der Waals surface area contributed by atoms with Crippen LogP contribution in [0.1, 0.15) is 51.7 Å². The largest absolute Gasteiger partial charge is 0.309 e. The number of nitrogens with zero attached hydrogens (tertiary/aromatic N) is 5. The van der Waals surface area contributed by atoms with Crippen LogP contribution in [0.2, 0.25) is 0 Å². The first-order chi connectivity index (χ1) is 33.2. The van der Waals surface area contributed by atoms with E-state index < -0.39 is 0 Å². The molecule has 0 aliphatic heterocycles. The second kappa shape index (κ2) is 15.2. The van der Waals surface area contributed by atoms with Crippen molar-refractivity contribution in [1.82, 2.24) is 24.1 Å². The SMILES string of the molecule is CC1(C)CCC(C)(C)c2cc3c(cc21)c1cc2c4ccccc4n(-c4ccccc4)c2cc1n3-c1nc(-c2cc(-c3ccccc3)cc(-c3ccccc3)c2)nc(-c2cccc3ccccc23)n1. The third-order valence-corrected chi connectivity index (χ3v) is 14.8. The zero-order valence-corrected chi connectivity index (χ0v) is 38.7. The zero-order chi connectivity index (χ0) is 45.7. The molecule has 0 saturated heterocycles. The molecule has 3 aromatic heterocycles. The molecule has 3 heterocycles. The lowest BCUT2D eigenvalue weighted by molar-refractivity contribution is 0.332. The van der Waals surface area contributed by atoms with Crippen molar-refractivity contribution in [1.29, 1.82) is 0 Å². The van der Waals surface area contributed by atoms with Gasteiger partial charge in [-0.15, -0.1) is 0 Å². The van der Waals surface area contributed by atoms with Gasteiger partial charge in [-0.25, -0.2) is 4.98 Å². The molecule has 12 aromatic rings. The van der Waals surface area contributed by atoms with Crippen LogP contribution in [-0.4, -0.2) is 24.1 Å². The topological polar surface area (TPSA) is 48.5 Å². The Hall–Kier alpha value is -8.15. The third kappa shape index (κ3) is 6.41. The van der Waals surface area contributed by atoms with E-state index in [4.69, 9.17) is 15.0 Å². The summed E-state index contributed by atoms with van der Waals surface area (Å²) in [5.74, 6) is 1.82. The molecule has 5 nitrogen and oxygen atoms in total. The summed E-state index contributed by atoms with van der Waals surface area (Å²) in [7, 11) is 0. The average molecular weight is 876 g/mol. The van der Waals surface area contributed by atoms with E-state index in [1.54, 1.807) is 0 Å². The minimum Gasteiger partial charge on any atom is -0.309 e. The molecule has 9 aromatic carbocycles. The van der Waals surface area contributed by atoms with Crippen LogP contribution < -0.4 is 0 Å². The molecule has 0 bridgehead atoms. The van der Waals surface area contributed by atoms with Crippen LogP contribution in [0.5, 0.6) is 0 Å². The van der Waals surface area contributed by atoms with Crippen LogP contribution in [0, 0.1) is 0 Å². The van der Waals surface area contributed by atoms with E-state index in [1.165, 1.54) is 38.2 Å². The molecule has 326 valence electrons. The van der Waals surface area contributed by atoms with E-state index in [9.17, 15) is 0 Å². The molecule has 1 aliphatic carbocycles. The van der Waals surface area contributed by atoms with Crippen molar-refractivity contribution in [3.8, 4) is 56.7 Å². The van der Waals surface area contributed by atoms with Crippen molar-refractivity contribution >= 4 is 54.4 Å². The fourth-order valence-electron chi connectivity index (χ4n) is 11.1. The Balaban J connectivity index is 1.17. The number of benzene rings is 9. The van der Waals surface area contributed by atoms with Crippen LogP contribution in [0.4, 0.5) is 0 Å². The van der Waals surface area contributed by atoms with Crippen molar-refractivity contribution in [2.75, 3.05) is 0 Å². The van der Waals surface area contributed by atoms with Crippen molar-refractivity contribution in [2.24, 2.45) is 0 Å². The van der Waals surface area contributed by atoms with Gasteiger partial charge in [0.15, 0.2) is 11.6 Å². The number of hydrogen-bond acceptors (Lipinski definition) is 3. The smallest absolute Gasteiger partial charge is 0.238 e. The van der Waals surface area contributed by atoms with E-state index in [1.807, 2.05) is 0 Å². The molecule has 0 amide bonds. The highest BCUT2D eigenvalue weighted by molar-refractivity contribution is 6.19. The van der Waals surface area contributed by atoms with Crippen LogP contribution >= 0.6 is 0 Å². The average Bonchev–Trinajstić information content (AvgIpc) is 3.88. The number of rotatable bonds is 6. The molecule has 0 saturated carbocycles. The van der Waals surface area contributed by atoms with Gasteiger partial charge in [0.1, 0.15) is 0 Å². The van der Waals surface area contributed by atoms with E-state index >= 15 is 0 Å².